The Kier molecular flexibility index (Phi) is 8.81. The van der Waals surface area contributed by atoms with Gasteiger partial charge in [0.15, 0.2) is 5.78 Å². The van der Waals surface area contributed by atoms with Crippen molar-refractivity contribution in [2.45, 2.75) is 32.9 Å². The first kappa shape index (κ1) is 27.2. The number of hydrogen-bond acceptors (Lipinski definition) is 6. The van der Waals surface area contributed by atoms with Crippen molar-refractivity contribution in [2.24, 2.45) is 5.73 Å². The van der Waals surface area contributed by atoms with Gasteiger partial charge in [-0.2, -0.15) is 0 Å². The molecule has 1 heterocycles. The fourth-order valence-corrected chi connectivity index (χ4v) is 4.08. The molecule has 0 bridgehead atoms. The number of carbonyl (C=O) groups excluding carboxylic acids is 2. The quantitative estimate of drug-likeness (QED) is 0.229. The maximum absolute atomic E-state index is 13.4. The van der Waals surface area contributed by atoms with Crippen molar-refractivity contribution in [3.05, 3.63) is 113 Å². The highest BCUT2D eigenvalue weighted by Gasteiger charge is 2.15. The number of ketones is 1. The number of para-hydroxylation sites is 1. The van der Waals surface area contributed by atoms with Crippen LogP contribution in [0.15, 0.2) is 85.1 Å². The summed E-state index contributed by atoms with van der Waals surface area (Å²) in [7, 11) is 0. The van der Waals surface area contributed by atoms with Crippen LogP contribution in [0.25, 0.3) is 11.1 Å². The lowest BCUT2D eigenvalue weighted by molar-refractivity contribution is -0.136. The number of carbonyl (C=O) groups is 3. The summed E-state index contributed by atoms with van der Waals surface area (Å²) < 4.78 is 6.08. The highest BCUT2D eigenvalue weighted by molar-refractivity contribution is 6.06. The Labute approximate surface area is 226 Å². The van der Waals surface area contributed by atoms with Gasteiger partial charge >= 0.3 is 5.97 Å². The van der Waals surface area contributed by atoms with E-state index in [-0.39, 0.29) is 18.8 Å². The number of anilines is 1. The van der Waals surface area contributed by atoms with Gasteiger partial charge in [-0.25, -0.2) is 0 Å². The average Bonchev–Trinajstić information content (AvgIpc) is 2.96. The molecule has 1 aromatic heterocycles. The number of carboxylic acids is 1. The molecular formula is C31H29N3O5. The largest absolute Gasteiger partial charge is 0.489 e. The number of rotatable bonds is 11. The number of hydrogen-bond donors (Lipinski definition) is 3. The highest BCUT2D eigenvalue weighted by atomic mass is 16.5. The van der Waals surface area contributed by atoms with Crippen molar-refractivity contribution in [3.8, 4) is 16.9 Å². The number of Topliss-reactive ketones (excluding diaryl/α,β-unsaturated/α-hetero) is 1. The van der Waals surface area contributed by atoms with E-state index < -0.39 is 11.9 Å². The number of benzene rings is 3. The van der Waals surface area contributed by atoms with Gasteiger partial charge in [0, 0.05) is 30.4 Å². The van der Waals surface area contributed by atoms with Crippen LogP contribution >= 0.6 is 0 Å². The van der Waals surface area contributed by atoms with Crippen LogP contribution in [-0.2, 0) is 24.4 Å². The first-order chi connectivity index (χ1) is 18.9. The van der Waals surface area contributed by atoms with E-state index in [4.69, 9.17) is 10.5 Å². The van der Waals surface area contributed by atoms with E-state index in [0.29, 0.717) is 41.2 Å². The average molecular weight is 524 g/mol. The summed E-state index contributed by atoms with van der Waals surface area (Å²) in [5.41, 5.74) is 10.8. The Morgan fingerprint density at radius 3 is 2.51 bits per heavy atom. The molecule has 0 saturated heterocycles. The van der Waals surface area contributed by atoms with Crippen molar-refractivity contribution < 1.29 is 24.2 Å². The summed E-state index contributed by atoms with van der Waals surface area (Å²) in [6, 6.07) is 23.2. The van der Waals surface area contributed by atoms with Gasteiger partial charge in [-0.15, -0.1) is 0 Å². The van der Waals surface area contributed by atoms with Gasteiger partial charge in [0.2, 0.25) is 0 Å². The molecule has 0 spiro atoms. The van der Waals surface area contributed by atoms with Crippen molar-refractivity contribution in [1.82, 2.24) is 4.98 Å². The normalized spacial score (nSPS) is 10.6. The lowest BCUT2D eigenvalue weighted by Crippen LogP contribution is -2.15. The Morgan fingerprint density at radius 2 is 1.74 bits per heavy atom. The summed E-state index contributed by atoms with van der Waals surface area (Å²) in [4.78, 5) is 40.8. The molecule has 8 nitrogen and oxygen atoms in total. The second-order valence-corrected chi connectivity index (χ2v) is 8.95. The minimum atomic E-state index is -0.992. The third kappa shape index (κ3) is 7.15. The predicted molar refractivity (Wildman–Crippen MR) is 149 cm³/mol. The number of nitrogens with zero attached hydrogens (tertiary/aromatic N) is 1. The Bertz CT molecular complexity index is 1520. The number of carboxylic acid groups (broad SMARTS) is 1. The number of pyridine rings is 1. The van der Waals surface area contributed by atoms with Crippen molar-refractivity contribution in [3.63, 3.8) is 0 Å². The predicted octanol–water partition coefficient (Wildman–Crippen LogP) is 5.26. The molecule has 4 aromatic rings. The van der Waals surface area contributed by atoms with Gasteiger partial charge in [-0.1, -0.05) is 43.3 Å². The third-order valence-corrected chi connectivity index (χ3v) is 6.11. The third-order valence-electron chi connectivity index (χ3n) is 6.11. The number of aliphatic carboxylic acids is 1. The zero-order valence-electron chi connectivity index (χ0n) is 21.5. The molecule has 0 fully saturated rings. The summed E-state index contributed by atoms with van der Waals surface area (Å²) in [5.74, 6) is -1.00. The van der Waals surface area contributed by atoms with Gasteiger partial charge in [0.25, 0.3) is 5.91 Å². The fraction of sp³-hybridized carbons (Fsp3) is 0.161. The molecule has 3 aromatic carbocycles. The van der Waals surface area contributed by atoms with Crippen LogP contribution < -0.4 is 15.8 Å². The number of nitrogens with one attached hydrogen (secondary N) is 1. The number of aromatic nitrogens is 1. The molecule has 1 amide bonds. The molecule has 0 radical (unpaired) electrons. The second-order valence-electron chi connectivity index (χ2n) is 8.95. The molecule has 8 heteroatoms. The molecule has 0 saturated carbocycles. The van der Waals surface area contributed by atoms with Crippen LogP contribution in [0.1, 0.15) is 50.9 Å². The minimum Gasteiger partial charge on any atom is -0.489 e. The Morgan fingerprint density at radius 1 is 0.923 bits per heavy atom. The van der Waals surface area contributed by atoms with Crippen molar-refractivity contribution in [2.75, 3.05) is 5.32 Å². The maximum atomic E-state index is 13.4. The van der Waals surface area contributed by atoms with E-state index in [2.05, 4.69) is 10.3 Å². The van der Waals surface area contributed by atoms with Gasteiger partial charge in [-0.3, -0.25) is 19.4 Å². The van der Waals surface area contributed by atoms with Gasteiger partial charge < -0.3 is 20.9 Å². The van der Waals surface area contributed by atoms with Crippen LogP contribution in [0.4, 0.5) is 5.69 Å². The topological polar surface area (TPSA) is 132 Å². The van der Waals surface area contributed by atoms with E-state index in [1.54, 1.807) is 61.7 Å². The molecule has 39 heavy (non-hydrogen) atoms. The second kappa shape index (κ2) is 12.6. The first-order valence-corrected chi connectivity index (χ1v) is 12.5. The standard InChI is InChI=1S/C31H29N3O5/c1-2-29(35)28-13-21(10-11-33-28)19-39-26-15-24(22-8-5-6-20(12-22)18-32)14-25(16-26)31(38)34-27-9-4-3-7-23(27)17-30(36)37/h3-16H,2,17-19,32H2,1H3,(H,34,38)(H,36,37). The maximum Gasteiger partial charge on any atom is 0.307 e. The van der Waals surface area contributed by atoms with Gasteiger partial charge in [0.1, 0.15) is 18.1 Å². The highest BCUT2D eigenvalue weighted by Crippen LogP contribution is 2.28. The summed E-state index contributed by atoms with van der Waals surface area (Å²) in [6.07, 6.45) is 1.71. The molecule has 4 rings (SSSR count). The summed E-state index contributed by atoms with van der Waals surface area (Å²) >= 11 is 0. The van der Waals surface area contributed by atoms with E-state index in [1.807, 2.05) is 30.3 Å². The van der Waals surface area contributed by atoms with Crippen LogP contribution in [0.3, 0.4) is 0 Å². The zero-order chi connectivity index (χ0) is 27.8. The molecule has 0 atom stereocenters. The van der Waals surface area contributed by atoms with Gasteiger partial charge in [0.05, 0.1) is 6.42 Å². The lowest BCUT2D eigenvalue weighted by atomic mass is 10.00. The first-order valence-electron chi connectivity index (χ1n) is 12.5. The Balaban J connectivity index is 1.66. The fourth-order valence-electron chi connectivity index (χ4n) is 4.08. The van der Waals surface area contributed by atoms with Crippen LogP contribution in [0.2, 0.25) is 0 Å². The lowest BCUT2D eigenvalue weighted by Gasteiger charge is -2.14. The molecular weight excluding hydrogens is 494 g/mol. The van der Waals surface area contributed by atoms with E-state index in [1.165, 1.54) is 0 Å². The SMILES string of the molecule is CCC(=O)c1cc(COc2cc(C(=O)Nc3ccccc3CC(=O)O)cc(-c3cccc(CN)c3)c2)ccn1. The van der Waals surface area contributed by atoms with Crippen LogP contribution in [-0.4, -0.2) is 27.8 Å². The molecule has 4 N–H and O–H groups in total. The molecule has 0 aliphatic rings. The molecule has 0 unspecified atom stereocenters. The van der Waals surface area contributed by atoms with Crippen molar-refractivity contribution >= 4 is 23.3 Å². The van der Waals surface area contributed by atoms with E-state index in [0.717, 1.165) is 22.3 Å². The van der Waals surface area contributed by atoms with Crippen LogP contribution in [0, 0.1) is 0 Å². The molecule has 0 aliphatic heterocycles. The Hall–Kier alpha value is -4.82. The summed E-state index contributed by atoms with van der Waals surface area (Å²) in [5, 5.41) is 12.1. The minimum absolute atomic E-state index is 0.0548. The molecule has 198 valence electrons. The van der Waals surface area contributed by atoms with E-state index >= 15 is 0 Å². The van der Waals surface area contributed by atoms with Crippen molar-refractivity contribution in [1.29, 1.82) is 0 Å². The molecule has 0 aliphatic carbocycles. The number of nitrogens with two attached hydrogens (primary N) is 1. The van der Waals surface area contributed by atoms with Crippen LogP contribution in [0.5, 0.6) is 5.75 Å². The van der Waals surface area contributed by atoms with Gasteiger partial charge in [-0.05, 0) is 70.3 Å². The number of ether oxygens (including phenoxy) is 1. The smallest absolute Gasteiger partial charge is 0.307 e. The number of amides is 1. The zero-order valence-corrected chi connectivity index (χ0v) is 21.5. The van der Waals surface area contributed by atoms with E-state index in [9.17, 15) is 19.5 Å². The summed E-state index contributed by atoms with van der Waals surface area (Å²) in [6.45, 7) is 2.32. The monoisotopic (exact) mass is 523 g/mol.